The zero-order chi connectivity index (χ0) is 10.2. The molecule has 0 radical (unpaired) electrons. The van der Waals surface area contributed by atoms with Crippen molar-refractivity contribution >= 4 is 5.91 Å². The second-order valence-corrected chi connectivity index (χ2v) is 4.87. The molecule has 1 amide bonds. The molecule has 1 atom stereocenters. The van der Waals surface area contributed by atoms with E-state index in [9.17, 15) is 4.79 Å². The molecule has 1 spiro atoms. The summed E-state index contributed by atoms with van der Waals surface area (Å²) in [5, 5.41) is 3.18. The lowest BCUT2D eigenvalue weighted by Crippen LogP contribution is -2.51. The van der Waals surface area contributed by atoms with Gasteiger partial charge in [0.1, 0.15) is 0 Å². The van der Waals surface area contributed by atoms with Gasteiger partial charge in [-0.15, -0.1) is 0 Å². The van der Waals surface area contributed by atoms with Gasteiger partial charge in [-0.25, -0.2) is 0 Å². The summed E-state index contributed by atoms with van der Waals surface area (Å²) in [5.41, 5.74) is 0.0590. The predicted octanol–water partition coefficient (Wildman–Crippen LogP) is 1.33. The molecule has 0 aromatic carbocycles. The van der Waals surface area contributed by atoms with Crippen LogP contribution in [0.4, 0.5) is 0 Å². The summed E-state index contributed by atoms with van der Waals surface area (Å²) < 4.78 is 5.37. The van der Waals surface area contributed by atoms with E-state index in [1.54, 1.807) is 0 Å². The Morgan fingerprint density at radius 3 is 2.64 bits per heavy atom. The van der Waals surface area contributed by atoms with Crippen molar-refractivity contribution in [2.75, 3.05) is 13.2 Å². The predicted molar refractivity (Wildman–Crippen MR) is 53.9 cm³/mol. The van der Waals surface area contributed by atoms with E-state index < -0.39 is 0 Å². The molecule has 1 unspecified atom stereocenters. The van der Waals surface area contributed by atoms with Gasteiger partial charge in [-0.3, -0.25) is 4.79 Å². The smallest absolute Gasteiger partial charge is 0.220 e. The van der Waals surface area contributed by atoms with Crippen molar-refractivity contribution in [1.29, 1.82) is 0 Å². The van der Waals surface area contributed by atoms with E-state index in [2.05, 4.69) is 19.2 Å². The number of ether oxygens (including phenoxy) is 1. The van der Waals surface area contributed by atoms with Crippen LogP contribution >= 0.6 is 0 Å². The lowest BCUT2D eigenvalue weighted by atomic mass is 9.74. The third-order valence-corrected chi connectivity index (χ3v) is 3.69. The minimum atomic E-state index is 0.0590. The van der Waals surface area contributed by atoms with Gasteiger partial charge in [0.15, 0.2) is 0 Å². The summed E-state index contributed by atoms with van der Waals surface area (Å²) in [4.78, 5) is 11.5. The Morgan fingerprint density at radius 1 is 1.43 bits per heavy atom. The Bertz CT molecular complexity index is 231. The lowest BCUT2D eigenvalue weighted by molar-refractivity contribution is -0.120. The molecule has 0 bridgehead atoms. The summed E-state index contributed by atoms with van der Waals surface area (Å²) in [5.74, 6) is 1.30. The number of rotatable bonds is 1. The van der Waals surface area contributed by atoms with E-state index in [1.165, 1.54) is 0 Å². The van der Waals surface area contributed by atoms with Crippen LogP contribution in [-0.4, -0.2) is 24.7 Å². The van der Waals surface area contributed by atoms with E-state index in [0.29, 0.717) is 18.3 Å². The molecule has 0 aliphatic carbocycles. The number of hydrogen-bond donors (Lipinski definition) is 1. The largest absolute Gasteiger partial charge is 0.381 e. The van der Waals surface area contributed by atoms with Crippen LogP contribution in [0.2, 0.25) is 0 Å². The van der Waals surface area contributed by atoms with E-state index in [-0.39, 0.29) is 11.4 Å². The van der Waals surface area contributed by atoms with Gasteiger partial charge in [0.25, 0.3) is 0 Å². The van der Waals surface area contributed by atoms with Crippen LogP contribution in [0.1, 0.15) is 33.1 Å². The number of amides is 1. The summed E-state index contributed by atoms with van der Waals surface area (Å²) in [7, 11) is 0. The zero-order valence-electron chi connectivity index (χ0n) is 9.01. The third-order valence-electron chi connectivity index (χ3n) is 3.69. The van der Waals surface area contributed by atoms with Gasteiger partial charge < -0.3 is 10.1 Å². The second kappa shape index (κ2) is 3.54. The highest BCUT2D eigenvalue weighted by Gasteiger charge is 2.48. The first-order valence-corrected chi connectivity index (χ1v) is 5.53. The van der Waals surface area contributed by atoms with Crippen molar-refractivity contribution in [3.05, 3.63) is 0 Å². The average molecular weight is 197 g/mol. The Hall–Kier alpha value is -0.570. The zero-order valence-corrected chi connectivity index (χ0v) is 9.01. The summed E-state index contributed by atoms with van der Waals surface area (Å²) in [6.45, 7) is 6.01. The number of hydrogen-bond acceptors (Lipinski definition) is 2. The van der Waals surface area contributed by atoms with Crippen molar-refractivity contribution in [2.24, 2.45) is 11.8 Å². The average Bonchev–Trinajstić information content (AvgIpc) is 2.44. The van der Waals surface area contributed by atoms with Gasteiger partial charge in [-0.1, -0.05) is 13.8 Å². The fourth-order valence-electron chi connectivity index (χ4n) is 2.92. The SMILES string of the molecule is CC(C)C1CC(=O)NC12CCOCC2. The fourth-order valence-corrected chi connectivity index (χ4v) is 2.92. The highest BCUT2D eigenvalue weighted by Crippen LogP contribution is 2.40. The Labute approximate surface area is 85.2 Å². The van der Waals surface area contributed by atoms with Crippen molar-refractivity contribution < 1.29 is 9.53 Å². The van der Waals surface area contributed by atoms with Crippen molar-refractivity contribution in [3.63, 3.8) is 0 Å². The molecule has 1 N–H and O–H groups in total. The fraction of sp³-hybridized carbons (Fsp3) is 0.909. The minimum Gasteiger partial charge on any atom is -0.381 e. The molecule has 2 aliphatic rings. The van der Waals surface area contributed by atoms with Gasteiger partial charge in [-0.2, -0.15) is 0 Å². The Balaban J connectivity index is 2.17. The molecule has 2 heterocycles. The van der Waals surface area contributed by atoms with E-state index in [1.807, 2.05) is 0 Å². The van der Waals surface area contributed by atoms with Crippen molar-refractivity contribution in [1.82, 2.24) is 5.32 Å². The first-order valence-electron chi connectivity index (χ1n) is 5.53. The molecule has 80 valence electrons. The number of carbonyl (C=O) groups is 1. The van der Waals surface area contributed by atoms with E-state index in [0.717, 1.165) is 26.1 Å². The molecule has 3 nitrogen and oxygen atoms in total. The summed E-state index contributed by atoms with van der Waals surface area (Å²) in [6.07, 6.45) is 2.68. The maximum Gasteiger partial charge on any atom is 0.220 e. The molecule has 2 rings (SSSR count). The number of nitrogens with one attached hydrogen (secondary N) is 1. The maximum atomic E-state index is 11.5. The van der Waals surface area contributed by atoms with Crippen molar-refractivity contribution in [2.45, 2.75) is 38.6 Å². The lowest BCUT2D eigenvalue weighted by Gasteiger charge is -2.40. The molecular weight excluding hydrogens is 178 g/mol. The Kier molecular flexibility index (Phi) is 2.52. The number of carbonyl (C=O) groups excluding carboxylic acids is 1. The topological polar surface area (TPSA) is 38.3 Å². The van der Waals surface area contributed by atoms with Crippen molar-refractivity contribution in [3.8, 4) is 0 Å². The van der Waals surface area contributed by atoms with Crippen LogP contribution in [0.5, 0.6) is 0 Å². The van der Waals surface area contributed by atoms with Crippen LogP contribution in [0.25, 0.3) is 0 Å². The first kappa shape index (κ1) is 9.97. The van der Waals surface area contributed by atoms with Crippen LogP contribution in [0.15, 0.2) is 0 Å². The molecule has 0 aromatic heterocycles. The van der Waals surface area contributed by atoms with Gasteiger partial charge in [0.05, 0.1) is 0 Å². The van der Waals surface area contributed by atoms with Crippen LogP contribution in [0.3, 0.4) is 0 Å². The second-order valence-electron chi connectivity index (χ2n) is 4.87. The van der Waals surface area contributed by atoms with E-state index in [4.69, 9.17) is 4.74 Å². The molecule has 14 heavy (non-hydrogen) atoms. The van der Waals surface area contributed by atoms with E-state index >= 15 is 0 Å². The first-order chi connectivity index (χ1) is 6.64. The quantitative estimate of drug-likeness (QED) is 0.688. The molecule has 0 aromatic rings. The van der Waals surface area contributed by atoms with Gasteiger partial charge in [0, 0.05) is 25.2 Å². The summed E-state index contributed by atoms with van der Waals surface area (Å²) in [6, 6.07) is 0. The van der Waals surface area contributed by atoms with Crippen LogP contribution in [0, 0.1) is 11.8 Å². The molecule has 0 saturated carbocycles. The highest BCUT2D eigenvalue weighted by atomic mass is 16.5. The molecular formula is C11H19NO2. The molecule has 2 fully saturated rings. The van der Waals surface area contributed by atoms with Crippen LogP contribution in [-0.2, 0) is 9.53 Å². The highest BCUT2D eigenvalue weighted by molar-refractivity contribution is 5.80. The minimum absolute atomic E-state index is 0.0590. The van der Waals surface area contributed by atoms with Gasteiger partial charge in [-0.05, 0) is 24.7 Å². The standard InChI is InChI=1S/C11H19NO2/c1-8(2)9-7-10(13)12-11(9)3-5-14-6-4-11/h8-9H,3-7H2,1-2H3,(H,12,13). The van der Waals surface area contributed by atoms with Crippen LogP contribution < -0.4 is 5.32 Å². The third kappa shape index (κ3) is 1.54. The molecule has 3 heteroatoms. The monoisotopic (exact) mass is 197 g/mol. The Morgan fingerprint density at radius 2 is 2.07 bits per heavy atom. The summed E-state index contributed by atoms with van der Waals surface area (Å²) >= 11 is 0. The maximum absolute atomic E-state index is 11.5. The van der Waals surface area contributed by atoms with Gasteiger partial charge >= 0.3 is 0 Å². The molecule has 2 aliphatic heterocycles. The van der Waals surface area contributed by atoms with Gasteiger partial charge in [0.2, 0.25) is 5.91 Å². The molecule has 2 saturated heterocycles. The normalized spacial score (nSPS) is 31.1.